The van der Waals surface area contributed by atoms with E-state index in [1.807, 2.05) is 0 Å². The zero-order chi connectivity index (χ0) is 15.3. The largest absolute Gasteiger partial charge is 0.365 e. The van der Waals surface area contributed by atoms with Gasteiger partial charge in [-0.25, -0.2) is 9.18 Å². The van der Waals surface area contributed by atoms with Gasteiger partial charge in [-0.2, -0.15) is 0 Å². The van der Waals surface area contributed by atoms with Crippen LogP contribution in [0.1, 0.15) is 50.4 Å². The molecule has 112 valence electrons. The summed E-state index contributed by atoms with van der Waals surface area (Å²) < 4.78 is 12.8. The number of hydrogen-bond donors (Lipinski definition) is 0. The Morgan fingerprint density at radius 2 is 1.95 bits per heavy atom. The molecule has 0 N–H and O–H groups in total. The van der Waals surface area contributed by atoms with E-state index in [0.717, 1.165) is 18.6 Å². The van der Waals surface area contributed by atoms with Gasteiger partial charge in [0, 0.05) is 5.41 Å². The first-order chi connectivity index (χ1) is 9.84. The number of nitrogens with zero attached hydrogens (tertiary/aromatic N) is 1. The molecule has 0 aromatic heterocycles. The van der Waals surface area contributed by atoms with Crippen molar-refractivity contribution >= 4 is 11.7 Å². The number of halogens is 1. The fourth-order valence-electron chi connectivity index (χ4n) is 3.80. The Hall–Kier alpha value is -1.71. The molecule has 0 amide bonds. The topological polar surface area (TPSA) is 38.7 Å². The molecule has 2 aliphatic rings. The summed E-state index contributed by atoms with van der Waals surface area (Å²) in [5, 5.41) is 4.15. The number of hydrogen-bond acceptors (Lipinski definition) is 3. The molecular formula is C17H20FNO2. The number of oxime groups is 1. The Kier molecular flexibility index (Phi) is 3.15. The second-order valence-corrected chi connectivity index (χ2v) is 6.92. The fourth-order valence-corrected chi connectivity index (χ4v) is 3.80. The van der Waals surface area contributed by atoms with Gasteiger partial charge in [0.15, 0.2) is 0 Å². The summed E-state index contributed by atoms with van der Waals surface area (Å²) in [4.78, 5) is 17.0. The van der Waals surface area contributed by atoms with Crippen molar-refractivity contribution in [3.8, 4) is 0 Å². The predicted molar refractivity (Wildman–Crippen MR) is 78.5 cm³/mol. The van der Waals surface area contributed by atoms with Crippen LogP contribution in [0.25, 0.3) is 0 Å². The maximum Gasteiger partial charge on any atom is 0.365 e. The molecule has 21 heavy (non-hydrogen) atoms. The van der Waals surface area contributed by atoms with Gasteiger partial charge in [0.1, 0.15) is 5.82 Å². The normalized spacial score (nSPS) is 31.6. The Morgan fingerprint density at radius 1 is 1.29 bits per heavy atom. The van der Waals surface area contributed by atoms with E-state index in [4.69, 9.17) is 4.84 Å². The molecule has 2 aliphatic carbocycles. The van der Waals surface area contributed by atoms with E-state index < -0.39 is 5.97 Å². The molecule has 2 fully saturated rings. The fraction of sp³-hybridized carbons (Fsp3) is 0.529. The van der Waals surface area contributed by atoms with Gasteiger partial charge in [-0.15, -0.1) is 0 Å². The third-order valence-corrected chi connectivity index (χ3v) is 5.83. The number of fused-ring (bicyclic) bond motifs is 2. The van der Waals surface area contributed by atoms with Gasteiger partial charge in [0.25, 0.3) is 0 Å². The molecule has 2 saturated carbocycles. The van der Waals surface area contributed by atoms with Crippen LogP contribution in [0.4, 0.5) is 4.39 Å². The molecule has 4 heteroatoms. The number of carbonyl (C=O) groups is 1. The average Bonchev–Trinajstić information content (AvgIpc) is 2.78. The van der Waals surface area contributed by atoms with E-state index >= 15 is 0 Å². The lowest BCUT2D eigenvalue weighted by Gasteiger charge is -2.34. The Labute approximate surface area is 124 Å². The summed E-state index contributed by atoms with van der Waals surface area (Å²) in [5.74, 6) is -0.294. The van der Waals surface area contributed by atoms with Crippen LogP contribution in [0, 0.1) is 22.6 Å². The van der Waals surface area contributed by atoms with Crippen LogP contribution in [0.2, 0.25) is 0 Å². The second kappa shape index (κ2) is 4.65. The Morgan fingerprint density at radius 3 is 2.48 bits per heavy atom. The van der Waals surface area contributed by atoms with E-state index in [-0.39, 0.29) is 16.6 Å². The highest BCUT2D eigenvalue weighted by atomic mass is 19.1. The van der Waals surface area contributed by atoms with Crippen LogP contribution in [-0.2, 0) is 4.84 Å². The first-order valence-electron chi connectivity index (χ1n) is 7.39. The average molecular weight is 289 g/mol. The summed E-state index contributed by atoms with van der Waals surface area (Å²) in [5.41, 5.74) is 1.52. The van der Waals surface area contributed by atoms with E-state index in [2.05, 4.69) is 25.9 Å². The van der Waals surface area contributed by atoms with Crippen LogP contribution in [0.3, 0.4) is 0 Å². The molecule has 3 nitrogen and oxygen atoms in total. The monoisotopic (exact) mass is 289 g/mol. The van der Waals surface area contributed by atoms with Crippen LogP contribution >= 0.6 is 0 Å². The van der Waals surface area contributed by atoms with Gasteiger partial charge in [0.2, 0.25) is 0 Å². The third-order valence-electron chi connectivity index (χ3n) is 5.83. The van der Waals surface area contributed by atoms with Gasteiger partial charge in [0.05, 0.1) is 11.3 Å². The van der Waals surface area contributed by atoms with Crippen molar-refractivity contribution in [1.82, 2.24) is 0 Å². The lowest BCUT2D eigenvalue weighted by atomic mass is 9.70. The Bertz CT molecular complexity index is 606. The lowest BCUT2D eigenvalue weighted by Crippen LogP contribution is -2.32. The third kappa shape index (κ3) is 2.08. The molecule has 1 aromatic carbocycles. The quantitative estimate of drug-likeness (QED) is 0.605. The SMILES string of the molecule is CC1(C)[C@H]2CC[C@@]1(C)/C(=N/OC(=O)c1ccc(F)cc1)C2. The van der Waals surface area contributed by atoms with Crippen molar-refractivity contribution in [2.45, 2.75) is 40.0 Å². The van der Waals surface area contributed by atoms with Gasteiger partial charge in [-0.1, -0.05) is 25.9 Å². The minimum absolute atomic E-state index is 0.0146. The van der Waals surface area contributed by atoms with Crippen LogP contribution in [0.5, 0.6) is 0 Å². The molecular weight excluding hydrogens is 269 g/mol. The van der Waals surface area contributed by atoms with Crippen molar-refractivity contribution in [1.29, 1.82) is 0 Å². The summed E-state index contributed by atoms with van der Waals surface area (Å²) in [7, 11) is 0. The van der Waals surface area contributed by atoms with E-state index in [1.54, 1.807) is 0 Å². The van der Waals surface area contributed by atoms with Crippen molar-refractivity contribution in [3.63, 3.8) is 0 Å². The van der Waals surface area contributed by atoms with Crippen molar-refractivity contribution in [2.75, 3.05) is 0 Å². The molecule has 0 aliphatic heterocycles. The molecule has 2 atom stereocenters. The highest BCUT2D eigenvalue weighted by Crippen LogP contribution is 2.63. The van der Waals surface area contributed by atoms with E-state index in [1.165, 1.54) is 30.7 Å². The van der Waals surface area contributed by atoms with Crippen molar-refractivity contribution in [3.05, 3.63) is 35.6 Å². The smallest absolute Gasteiger partial charge is 0.313 e. The zero-order valence-corrected chi connectivity index (χ0v) is 12.6. The van der Waals surface area contributed by atoms with Crippen LogP contribution < -0.4 is 0 Å². The maximum absolute atomic E-state index is 12.8. The van der Waals surface area contributed by atoms with Gasteiger partial charge in [-0.05, 0) is 54.9 Å². The molecule has 0 heterocycles. The molecule has 0 spiro atoms. The predicted octanol–water partition coefficient (Wildman–Crippen LogP) is 4.18. The van der Waals surface area contributed by atoms with Crippen LogP contribution in [-0.4, -0.2) is 11.7 Å². The number of rotatable bonds is 2. The van der Waals surface area contributed by atoms with Gasteiger partial charge >= 0.3 is 5.97 Å². The Balaban J connectivity index is 1.76. The molecule has 2 bridgehead atoms. The standard InChI is InChI=1S/C17H20FNO2/c1-16(2)12-8-9-17(16,3)14(10-12)19-21-15(20)11-4-6-13(18)7-5-11/h4-7,12H,8-10H2,1-3H3/b19-14+/t12-,17-/m0/s1. The molecule has 0 unspecified atom stereocenters. The molecule has 1 aromatic rings. The first-order valence-corrected chi connectivity index (χ1v) is 7.39. The second-order valence-electron chi connectivity index (χ2n) is 6.92. The lowest BCUT2D eigenvalue weighted by molar-refractivity contribution is 0.0508. The highest BCUT2D eigenvalue weighted by Gasteiger charge is 2.60. The zero-order valence-electron chi connectivity index (χ0n) is 12.6. The molecule has 0 radical (unpaired) electrons. The molecule has 0 saturated heterocycles. The number of carbonyl (C=O) groups excluding carboxylic acids is 1. The summed E-state index contributed by atoms with van der Waals surface area (Å²) in [6.07, 6.45) is 3.21. The van der Waals surface area contributed by atoms with Crippen molar-refractivity contribution in [2.24, 2.45) is 21.9 Å². The van der Waals surface area contributed by atoms with E-state index in [9.17, 15) is 9.18 Å². The van der Waals surface area contributed by atoms with E-state index in [0.29, 0.717) is 11.5 Å². The van der Waals surface area contributed by atoms with Gasteiger partial charge < -0.3 is 4.84 Å². The minimum Gasteiger partial charge on any atom is -0.313 e. The summed E-state index contributed by atoms with van der Waals surface area (Å²) >= 11 is 0. The first kappa shape index (κ1) is 14.2. The van der Waals surface area contributed by atoms with Crippen LogP contribution in [0.15, 0.2) is 29.4 Å². The maximum atomic E-state index is 12.8. The van der Waals surface area contributed by atoms with Crippen molar-refractivity contribution < 1.29 is 14.0 Å². The summed E-state index contributed by atoms with van der Waals surface area (Å²) in [6.45, 7) is 6.76. The number of benzene rings is 1. The summed E-state index contributed by atoms with van der Waals surface area (Å²) in [6, 6.07) is 5.30. The minimum atomic E-state index is -0.535. The molecule has 3 rings (SSSR count). The highest BCUT2D eigenvalue weighted by molar-refractivity contribution is 5.95. The van der Waals surface area contributed by atoms with Gasteiger partial charge in [-0.3, -0.25) is 0 Å².